The second-order valence-corrected chi connectivity index (χ2v) is 8.05. The standard InChI is InChI=1S/C22H33N5O4/c1-15(2)21(23-20(28)14-29-3)22-25-24-19-8-9-26(10-11-27(19)22)13-16-6-7-17(30-4)12-18(16)31-5/h6-7,12,15,21H,8-11,13-14H2,1-5H3,(H,23,28)/t21-/m1/s1. The molecule has 2 aromatic rings. The highest BCUT2D eigenvalue weighted by Gasteiger charge is 2.27. The second kappa shape index (κ2) is 10.6. The molecule has 0 aliphatic carbocycles. The van der Waals surface area contributed by atoms with Crippen molar-refractivity contribution in [3.05, 3.63) is 35.4 Å². The van der Waals surface area contributed by atoms with Crippen LogP contribution in [0, 0.1) is 5.92 Å². The van der Waals surface area contributed by atoms with Crippen LogP contribution in [0.2, 0.25) is 0 Å². The van der Waals surface area contributed by atoms with Crippen molar-refractivity contribution in [2.75, 3.05) is 41.0 Å². The maximum atomic E-state index is 12.1. The first-order valence-electron chi connectivity index (χ1n) is 10.6. The van der Waals surface area contributed by atoms with E-state index in [1.54, 1.807) is 14.2 Å². The Balaban J connectivity index is 1.73. The van der Waals surface area contributed by atoms with Gasteiger partial charge in [0.2, 0.25) is 5.91 Å². The van der Waals surface area contributed by atoms with Crippen LogP contribution in [0.5, 0.6) is 11.5 Å². The first-order valence-corrected chi connectivity index (χ1v) is 10.6. The number of benzene rings is 1. The molecule has 1 aromatic heterocycles. The molecule has 9 nitrogen and oxygen atoms in total. The fraction of sp³-hybridized carbons (Fsp3) is 0.591. The summed E-state index contributed by atoms with van der Waals surface area (Å²) < 4.78 is 18.0. The molecule has 170 valence electrons. The lowest BCUT2D eigenvalue weighted by Gasteiger charge is -2.23. The molecule has 0 fully saturated rings. The van der Waals surface area contributed by atoms with Gasteiger partial charge in [-0.1, -0.05) is 19.9 Å². The van der Waals surface area contributed by atoms with Gasteiger partial charge < -0.3 is 24.1 Å². The average Bonchev–Trinajstić information content (AvgIpc) is 3.05. The number of nitrogens with one attached hydrogen (secondary N) is 1. The quantitative estimate of drug-likeness (QED) is 0.648. The Bertz CT molecular complexity index is 883. The molecule has 0 unspecified atom stereocenters. The van der Waals surface area contributed by atoms with Crippen molar-refractivity contribution in [1.29, 1.82) is 0 Å². The molecule has 1 N–H and O–H groups in total. The van der Waals surface area contributed by atoms with Crippen LogP contribution < -0.4 is 14.8 Å². The van der Waals surface area contributed by atoms with Gasteiger partial charge in [-0.2, -0.15) is 0 Å². The Kier molecular flexibility index (Phi) is 7.86. The summed E-state index contributed by atoms with van der Waals surface area (Å²) in [7, 11) is 4.84. The molecule has 2 heterocycles. The van der Waals surface area contributed by atoms with Crippen LogP contribution in [0.25, 0.3) is 0 Å². The summed E-state index contributed by atoms with van der Waals surface area (Å²) in [4.78, 5) is 14.5. The summed E-state index contributed by atoms with van der Waals surface area (Å²) in [6, 6.07) is 5.71. The van der Waals surface area contributed by atoms with Crippen molar-refractivity contribution in [3.8, 4) is 11.5 Å². The number of ether oxygens (including phenoxy) is 3. The number of carbonyl (C=O) groups is 1. The Morgan fingerprint density at radius 3 is 2.61 bits per heavy atom. The van der Waals surface area contributed by atoms with Gasteiger partial charge in [0.25, 0.3) is 0 Å². The topological polar surface area (TPSA) is 90.7 Å². The highest BCUT2D eigenvalue weighted by molar-refractivity contribution is 5.77. The Hall–Kier alpha value is -2.65. The van der Waals surface area contributed by atoms with Crippen LogP contribution >= 0.6 is 0 Å². The summed E-state index contributed by atoms with van der Waals surface area (Å²) in [5.74, 6) is 3.38. The van der Waals surface area contributed by atoms with Crippen LogP contribution in [0.3, 0.4) is 0 Å². The minimum atomic E-state index is -0.211. The molecule has 1 aliphatic rings. The lowest BCUT2D eigenvalue weighted by atomic mass is 10.0. The molecule has 3 rings (SSSR count). The molecule has 1 aromatic carbocycles. The van der Waals surface area contributed by atoms with Gasteiger partial charge >= 0.3 is 0 Å². The number of hydrogen-bond donors (Lipinski definition) is 1. The van der Waals surface area contributed by atoms with Crippen molar-refractivity contribution in [2.24, 2.45) is 5.92 Å². The number of rotatable bonds is 9. The maximum absolute atomic E-state index is 12.1. The molecular weight excluding hydrogens is 398 g/mol. The molecule has 31 heavy (non-hydrogen) atoms. The van der Waals surface area contributed by atoms with Crippen LogP contribution in [0.15, 0.2) is 18.2 Å². The smallest absolute Gasteiger partial charge is 0.246 e. The SMILES string of the molecule is COCC(=O)N[C@@H](c1nnc2n1CCN(Cc1ccc(OC)cc1OC)CC2)C(C)C. The minimum Gasteiger partial charge on any atom is -0.497 e. The van der Waals surface area contributed by atoms with Crippen molar-refractivity contribution >= 4 is 5.91 Å². The first kappa shape index (κ1) is 23.0. The van der Waals surface area contributed by atoms with Crippen LogP contribution in [0.4, 0.5) is 0 Å². The third kappa shape index (κ3) is 5.54. The monoisotopic (exact) mass is 431 g/mol. The van der Waals surface area contributed by atoms with Gasteiger partial charge in [0, 0.05) is 51.3 Å². The summed E-state index contributed by atoms with van der Waals surface area (Å²) >= 11 is 0. The highest BCUT2D eigenvalue weighted by atomic mass is 16.5. The van der Waals surface area contributed by atoms with E-state index < -0.39 is 0 Å². The number of aromatic nitrogens is 3. The number of fused-ring (bicyclic) bond motifs is 1. The van der Waals surface area contributed by atoms with Gasteiger partial charge in [-0.3, -0.25) is 9.69 Å². The van der Waals surface area contributed by atoms with Gasteiger partial charge in [0.05, 0.1) is 20.3 Å². The lowest BCUT2D eigenvalue weighted by Crippen LogP contribution is -2.36. The van der Waals surface area contributed by atoms with Gasteiger partial charge in [0.15, 0.2) is 5.82 Å². The zero-order valence-corrected chi connectivity index (χ0v) is 19.1. The number of amides is 1. The van der Waals surface area contributed by atoms with Gasteiger partial charge in [-0.25, -0.2) is 0 Å². The Morgan fingerprint density at radius 2 is 1.94 bits per heavy atom. The van der Waals surface area contributed by atoms with E-state index in [1.807, 2.05) is 18.2 Å². The van der Waals surface area contributed by atoms with Crippen LogP contribution in [-0.4, -0.2) is 66.6 Å². The van der Waals surface area contributed by atoms with E-state index in [0.29, 0.717) is 0 Å². The summed E-state index contributed by atoms with van der Waals surface area (Å²) in [6.45, 7) is 7.43. The van der Waals surface area contributed by atoms with Crippen LogP contribution in [0.1, 0.15) is 37.1 Å². The predicted octanol–water partition coefficient (Wildman–Crippen LogP) is 1.81. The summed E-state index contributed by atoms with van der Waals surface area (Å²) in [5, 5.41) is 11.9. The summed E-state index contributed by atoms with van der Waals surface area (Å²) in [5.41, 5.74) is 1.12. The zero-order valence-electron chi connectivity index (χ0n) is 19.1. The zero-order chi connectivity index (χ0) is 22.4. The van der Waals surface area contributed by atoms with E-state index in [9.17, 15) is 4.79 Å². The third-order valence-electron chi connectivity index (χ3n) is 5.57. The fourth-order valence-electron chi connectivity index (χ4n) is 3.88. The van der Waals surface area contributed by atoms with Gasteiger partial charge in [-0.05, 0) is 12.0 Å². The van der Waals surface area contributed by atoms with E-state index in [4.69, 9.17) is 14.2 Å². The molecule has 0 saturated heterocycles. The minimum absolute atomic E-state index is 0.0295. The summed E-state index contributed by atoms with van der Waals surface area (Å²) in [6.07, 6.45) is 0.794. The second-order valence-electron chi connectivity index (χ2n) is 8.05. The average molecular weight is 432 g/mol. The van der Waals surface area contributed by atoms with E-state index in [-0.39, 0.29) is 24.5 Å². The number of carbonyl (C=O) groups excluding carboxylic acids is 1. The van der Waals surface area contributed by atoms with E-state index in [1.165, 1.54) is 7.11 Å². The van der Waals surface area contributed by atoms with Crippen molar-refractivity contribution in [1.82, 2.24) is 25.0 Å². The third-order valence-corrected chi connectivity index (χ3v) is 5.57. The Labute approximate surface area is 183 Å². The maximum Gasteiger partial charge on any atom is 0.246 e. The largest absolute Gasteiger partial charge is 0.497 e. The van der Waals surface area contributed by atoms with Crippen molar-refractivity contribution in [2.45, 2.75) is 39.4 Å². The number of nitrogens with zero attached hydrogens (tertiary/aromatic N) is 4. The van der Waals surface area contributed by atoms with Gasteiger partial charge in [-0.15, -0.1) is 10.2 Å². The molecule has 1 aliphatic heterocycles. The highest BCUT2D eigenvalue weighted by Crippen LogP contribution is 2.27. The van der Waals surface area contributed by atoms with Gasteiger partial charge in [0.1, 0.15) is 23.9 Å². The van der Waals surface area contributed by atoms with Crippen molar-refractivity contribution in [3.63, 3.8) is 0 Å². The number of methoxy groups -OCH3 is 3. The Morgan fingerprint density at radius 1 is 1.13 bits per heavy atom. The van der Waals surface area contributed by atoms with E-state index in [0.717, 1.165) is 61.3 Å². The predicted molar refractivity (Wildman–Crippen MR) is 116 cm³/mol. The first-order chi connectivity index (χ1) is 15.0. The van der Waals surface area contributed by atoms with E-state index in [2.05, 4.69) is 38.8 Å². The van der Waals surface area contributed by atoms with Crippen molar-refractivity contribution < 1.29 is 19.0 Å². The molecule has 0 saturated carbocycles. The molecule has 0 radical (unpaired) electrons. The molecule has 9 heteroatoms. The fourth-order valence-corrected chi connectivity index (χ4v) is 3.88. The lowest BCUT2D eigenvalue weighted by molar-refractivity contribution is -0.125. The molecule has 1 amide bonds. The van der Waals surface area contributed by atoms with Crippen LogP contribution in [-0.2, 0) is 29.0 Å². The normalized spacial score (nSPS) is 15.3. The molecule has 1 atom stereocenters. The molecule has 0 bridgehead atoms. The van der Waals surface area contributed by atoms with E-state index >= 15 is 0 Å². The number of hydrogen-bond acceptors (Lipinski definition) is 7. The molecular formula is C22H33N5O4. The molecule has 0 spiro atoms.